The fourth-order valence-corrected chi connectivity index (χ4v) is 2.05. The standard InChI is InChI=1S/C12H17ClN4O3/c1-18-5-6-20-4-3-17-9(7-13)16-10-11(17)14-8-15-12(10)19-2/h8H,3-7H2,1-2H3. The van der Waals surface area contributed by atoms with Crippen molar-refractivity contribution >= 4 is 22.8 Å². The highest BCUT2D eigenvalue weighted by Crippen LogP contribution is 2.22. The van der Waals surface area contributed by atoms with Gasteiger partial charge in [-0.25, -0.2) is 9.97 Å². The number of alkyl halides is 1. The number of halogens is 1. The maximum atomic E-state index is 5.93. The number of hydrogen-bond acceptors (Lipinski definition) is 6. The molecule has 0 amide bonds. The third kappa shape index (κ3) is 3.17. The Morgan fingerprint density at radius 3 is 2.75 bits per heavy atom. The third-order valence-electron chi connectivity index (χ3n) is 2.78. The maximum absolute atomic E-state index is 5.93. The summed E-state index contributed by atoms with van der Waals surface area (Å²) in [5.41, 5.74) is 1.31. The van der Waals surface area contributed by atoms with Crippen LogP contribution in [0.2, 0.25) is 0 Å². The van der Waals surface area contributed by atoms with Gasteiger partial charge in [-0.05, 0) is 0 Å². The fourth-order valence-electron chi connectivity index (χ4n) is 1.85. The Kier molecular flexibility index (Phi) is 5.51. The lowest BCUT2D eigenvalue weighted by molar-refractivity contribution is 0.0667. The topological polar surface area (TPSA) is 71.3 Å². The highest BCUT2D eigenvalue weighted by Gasteiger charge is 2.15. The lowest BCUT2D eigenvalue weighted by atomic mass is 10.5. The minimum atomic E-state index is 0.289. The van der Waals surface area contributed by atoms with Crippen LogP contribution in [-0.4, -0.2) is 53.6 Å². The van der Waals surface area contributed by atoms with Gasteiger partial charge in [-0.1, -0.05) is 0 Å². The average molecular weight is 301 g/mol. The van der Waals surface area contributed by atoms with Crippen LogP contribution in [0, 0.1) is 0 Å². The van der Waals surface area contributed by atoms with Crippen molar-refractivity contribution in [3.05, 3.63) is 12.2 Å². The maximum Gasteiger partial charge on any atom is 0.245 e. The van der Waals surface area contributed by atoms with E-state index in [-0.39, 0.29) is 5.88 Å². The van der Waals surface area contributed by atoms with Crippen LogP contribution in [0.5, 0.6) is 5.88 Å². The summed E-state index contributed by atoms with van der Waals surface area (Å²) in [5.74, 6) is 1.45. The minimum Gasteiger partial charge on any atom is -0.479 e. The summed E-state index contributed by atoms with van der Waals surface area (Å²) < 4.78 is 17.5. The highest BCUT2D eigenvalue weighted by molar-refractivity contribution is 6.16. The molecule has 0 aromatic carbocycles. The van der Waals surface area contributed by atoms with Crippen molar-refractivity contribution in [2.75, 3.05) is 34.0 Å². The van der Waals surface area contributed by atoms with Crippen molar-refractivity contribution in [3.8, 4) is 5.88 Å². The molecule has 8 heteroatoms. The zero-order chi connectivity index (χ0) is 14.4. The van der Waals surface area contributed by atoms with Gasteiger partial charge in [0.15, 0.2) is 11.2 Å². The summed E-state index contributed by atoms with van der Waals surface area (Å²) >= 11 is 5.93. The van der Waals surface area contributed by atoms with Crippen molar-refractivity contribution < 1.29 is 14.2 Å². The van der Waals surface area contributed by atoms with E-state index in [0.717, 1.165) is 5.82 Å². The molecule has 0 aliphatic heterocycles. The Labute approximate surface area is 121 Å². The van der Waals surface area contributed by atoms with Crippen LogP contribution in [-0.2, 0) is 21.9 Å². The number of ether oxygens (including phenoxy) is 3. The van der Waals surface area contributed by atoms with E-state index in [2.05, 4.69) is 15.0 Å². The number of hydrogen-bond donors (Lipinski definition) is 0. The van der Waals surface area contributed by atoms with Gasteiger partial charge in [0, 0.05) is 13.7 Å². The van der Waals surface area contributed by atoms with Gasteiger partial charge in [0.25, 0.3) is 0 Å². The summed E-state index contributed by atoms with van der Waals surface area (Å²) in [6.45, 7) is 2.27. The van der Waals surface area contributed by atoms with Gasteiger partial charge in [0.1, 0.15) is 12.2 Å². The molecule has 0 radical (unpaired) electrons. The van der Waals surface area contributed by atoms with Crippen LogP contribution in [0.4, 0.5) is 0 Å². The van der Waals surface area contributed by atoms with E-state index in [0.29, 0.717) is 43.4 Å². The van der Waals surface area contributed by atoms with Crippen molar-refractivity contribution in [1.82, 2.24) is 19.5 Å². The van der Waals surface area contributed by atoms with Crippen molar-refractivity contribution in [1.29, 1.82) is 0 Å². The Balaban J connectivity index is 2.18. The Hall–Kier alpha value is -1.44. The predicted octanol–water partition coefficient (Wildman–Crippen LogP) is 1.24. The predicted molar refractivity (Wildman–Crippen MR) is 74.1 cm³/mol. The van der Waals surface area contributed by atoms with Crippen molar-refractivity contribution in [2.45, 2.75) is 12.4 Å². The first-order chi connectivity index (χ1) is 9.81. The average Bonchev–Trinajstić information content (AvgIpc) is 2.85. The van der Waals surface area contributed by atoms with E-state index in [4.69, 9.17) is 25.8 Å². The second-order valence-corrected chi connectivity index (χ2v) is 4.24. The number of aromatic nitrogens is 4. The monoisotopic (exact) mass is 300 g/mol. The molecule has 2 rings (SSSR count). The van der Waals surface area contributed by atoms with E-state index in [1.165, 1.54) is 6.33 Å². The molecule has 0 saturated heterocycles. The second-order valence-electron chi connectivity index (χ2n) is 3.97. The van der Waals surface area contributed by atoms with Gasteiger partial charge in [-0.15, -0.1) is 11.6 Å². The molecule has 0 aliphatic rings. The van der Waals surface area contributed by atoms with Crippen LogP contribution in [0.15, 0.2) is 6.33 Å². The van der Waals surface area contributed by atoms with Gasteiger partial charge in [-0.3, -0.25) is 0 Å². The third-order valence-corrected chi connectivity index (χ3v) is 3.02. The van der Waals surface area contributed by atoms with E-state index in [9.17, 15) is 0 Å². The molecule has 20 heavy (non-hydrogen) atoms. The summed E-state index contributed by atoms with van der Waals surface area (Å²) in [7, 11) is 3.19. The zero-order valence-electron chi connectivity index (χ0n) is 11.5. The van der Waals surface area contributed by atoms with Crippen molar-refractivity contribution in [2.24, 2.45) is 0 Å². The summed E-state index contributed by atoms with van der Waals surface area (Å²) in [6, 6.07) is 0. The van der Waals surface area contributed by atoms with Crippen LogP contribution in [0.3, 0.4) is 0 Å². The molecule has 2 aromatic rings. The summed E-state index contributed by atoms with van der Waals surface area (Å²) in [6.07, 6.45) is 1.45. The lowest BCUT2D eigenvalue weighted by Crippen LogP contribution is -2.11. The Morgan fingerprint density at radius 1 is 1.20 bits per heavy atom. The zero-order valence-corrected chi connectivity index (χ0v) is 12.3. The molecule has 0 N–H and O–H groups in total. The molecule has 7 nitrogen and oxygen atoms in total. The van der Waals surface area contributed by atoms with Crippen LogP contribution < -0.4 is 4.74 Å². The molecule has 0 saturated carbocycles. The highest BCUT2D eigenvalue weighted by atomic mass is 35.5. The van der Waals surface area contributed by atoms with Gasteiger partial charge < -0.3 is 18.8 Å². The molecule has 2 aromatic heterocycles. The Morgan fingerprint density at radius 2 is 2.05 bits per heavy atom. The number of nitrogens with zero attached hydrogens (tertiary/aromatic N) is 4. The normalized spacial score (nSPS) is 11.2. The van der Waals surface area contributed by atoms with Gasteiger partial charge in [0.05, 0.1) is 32.8 Å². The number of methoxy groups -OCH3 is 2. The van der Waals surface area contributed by atoms with E-state index >= 15 is 0 Å². The first kappa shape index (κ1) is 15.0. The smallest absolute Gasteiger partial charge is 0.245 e. The molecule has 0 atom stereocenters. The number of rotatable bonds is 8. The second kappa shape index (κ2) is 7.37. The first-order valence-corrected chi connectivity index (χ1v) is 6.72. The summed E-state index contributed by atoms with van der Waals surface area (Å²) in [4.78, 5) is 12.7. The van der Waals surface area contributed by atoms with Gasteiger partial charge >= 0.3 is 0 Å². The molecule has 0 bridgehead atoms. The Bertz CT molecular complexity index is 561. The van der Waals surface area contributed by atoms with Gasteiger partial charge in [-0.2, -0.15) is 4.98 Å². The molecule has 110 valence electrons. The van der Waals surface area contributed by atoms with Gasteiger partial charge in [0.2, 0.25) is 5.88 Å². The summed E-state index contributed by atoms with van der Waals surface area (Å²) in [5, 5.41) is 0. The van der Waals surface area contributed by atoms with E-state index < -0.39 is 0 Å². The molecular weight excluding hydrogens is 284 g/mol. The quantitative estimate of drug-likeness (QED) is 0.539. The molecule has 2 heterocycles. The SMILES string of the molecule is COCCOCCn1c(CCl)nc2c(OC)ncnc21. The number of imidazole rings is 1. The van der Waals surface area contributed by atoms with Crippen molar-refractivity contribution in [3.63, 3.8) is 0 Å². The van der Waals surface area contributed by atoms with E-state index in [1.807, 2.05) is 4.57 Å². The first-order valence-electron chi connectivity index (χ1n) is 6.18. The molecular formula is C12H17ClN4O3. The van der Waals surface area contributed by atoms with E-state index in [1.54, 1.807) is 14.2 Å². The van der Waals surface area contributed by atoms with Crippen LogP contribution in [0.25, 0.3) is 11.2 Å². The largest absolute Gasteiger partial charge is 0.479 e. The number of fused-ring (bicyclic) bond motifs is 1. The molecule has 0 fully saturated rings. The molecule has 0 aliphatic carbocycles. The fraction of sp³-hybridized carbons (Fsp3) is 0.583. The molecule has 0 unspecified atom stereocenters. The van der Waals surface area contributed by atoms with Crippen LogP contribution >= 0.6 is 11.6 Å². The van der Waals surface area contributed by atoms with Crippen LogP contribution in [0.1, 0.15) is 5.82 Å². The lowest BCUT2D eigenvalue weighted by Gasteiger charge is -2.07. The molecule has 0 spiro atoms. The minimum absolute atomic E-state index is 0.289.